The van der Waals surface area contributed by atoms with Crippen molar-refractivity contribution in [3.05, 3.63) is 24.3 Å². The van der Waals surface area contributed by atoms with E-state index in [1.165, 1.54) is 6.08 Å². The Bertz CT molecular complexity index is 166. The van der Waals surface area contributed by atoms with E-state index in [-0.39, 0.29) is 11.4 Å². The zero-order valence-electron chi connectivity index (χ0n) is 5.26. The number of rotatable bonds is 3. The summed E-state index contributed by atoms with van der Waals surface area (Å²) in [5, 5.41) is 0. The van der Waals surface area contributed by atoms with E-state index in [2.05, 4.69) is 6.58 Å². The Kier molecular flexibility index (Phi) is 3.28. The van der Waals surface area contributed by atoms with Gasteiger partial charge in [-0.2, -0.15) is 0 Å². The van der Waals surface area contributed by atoms with Crippen molar-refractivity contribution in [3.8, 4) is 0 Å². The van der Waals surface area contributed by atoms with Crippen molar-refractivity contribution < 1.29 is 9.59 Å². The van der Waals surface area contributed by atoms with Crippen molar-refractivity contribution in [1.82, 2.24) is 0 Å². The molecule has 0 saturated heterocycles. The average Bonchev–Trinajstić information content (AvgIpc) is 1.87. The summed E-state index contributed by atoms with van der Waals surface area (Å²) in [4.78, 5) is 20.4. The fraction of sp³-hybridized carbons (Fsp3) is 0.143. The summed E-state index contributed by atoms with van der Waals surface area (Å²) < 4.78 is 0. The standard InChI is InChI=1S/C7H8O2/c1-3-4-7(9)6(2)5-8/h3-5H,2H2,1H3. The summed E-state index contributed by atoms with van der Waals surface area (Å²) in [6.45, 7) is 4.93. The van der Waals surface area contributed by atoms with Gasteiger partial charge in [0.05, 0.1) is 5.57 Å². The second kappa shape index (κ2) is 3.78. The monoisotopic (exact) mass is 124 g/mol. The highest BCUT2D eigenvalue weighted by Crippen LogP contribution is 1.87. The Balaban J connectivity index is 4.04. The molecule has 0 unspecified atom stereocenters. The summed E-state index contributed by atoms with van der Waals surface area (Å²) in [7, 11) is 0. The topological polar surface area (TPSA) is 34.1 Å². The van der Waals surface area contributed by atoms with Crippen molar-refractivity contribution in [2.45, 2.75) is 6.92 Å². The molecular formula is C7H8O2. The van der Waals surface area contributed by atoms with Crippen molar-refractivity contribution in [1.29, 1.82) is 0 Å². The van der Waals surface area contributed by atoms with E-state index in [0.717, 1.165) is 0 Å². The maximum atomic E-state index is 10.6. The molecule has 0 rings (SSSR count). The molecule has 0 bridgehead atoms. The Morgan fingerprint density at radius 3 is 2.44 bits per heavy atom. The van der Waals surface area contributed by atoms with E-state index in [9.17, 15) is 9.59 Å². The van der Waals surface area contributed by atoms with Crippen LogP contribution in [0, 0.1) is 0 Å². The smallest absolute Gasteiger partial charge is 0.188 e. The average molecular weight is 124 g/mol. The van der Waals surface area contributed by atoms with Gasteiger partial charge in [0, 0.05) is 0 Å². The summed E-state index contributed by atoms with van der Waals surface area (Å²) in [6.07, 6.45) is 3.32. The molecule has 0 aliphatic carbocycles. The van der Waals surface area contributed by atoms with Gasteiger partial charge in [0.1, 0.15) is 0 Å². The van der Waals surface area contributed by atoms with Gasteiger partial charge in [-0.05, 0) is 13.0 Å². The minimum absolute atomic E-state index is 0.00639. The molecule has 2 heteroatoms. The first-order valence-electron chi connectivity index (χ1n) is 2.53. The fourth-order valence-corrected chi connectivity index (χ4v) is 0.316. The van der Waals surface area contributed by atoms with Crippen LogP contribution in [0.3, 0.4) is 0 Å². The first-order valence-corrected chi connectivity index (χ1v) is 2.53. The molecule has 9 heavy (non-hydrogen) atoms. The van der Waals surface area contributed by atoms with Gasteiger partial charge in [-0.15, -0.1) is 0 Å². The Morgan fingerprint density at radius 2 is 2.11 bits per heavy atom. The van der Waals surface area contributed by atoms with Crippen LogP contribution >= 0.6 is 0 Å². The molecule has 0 radical (unpaired) electrons. The molecular weight excluding hydrogens is 116 g/mol. The number of aldehydes is 1. The highest BCUT2D eigenvalue weighted by Gasteiger charge is 1.97. The lowest BCUT2D eigenvalue weighted by atomic mass is 10.2. The number of hydrogen-bond acceptors (Lipinski definition) is 2. The van der Waals surface area contributed by atoms with Crippen LogP contribution in [0.5, 0.6) is 0 Å². The molecule has 0 aliphatic rings. The van der Waals surface area contributed by atoms with Gasteiger partial charge in [0.2, 0.25) is 0 Å². The lowest BCUT2D eigenvalue weighted by Crippen LogP contribution is -1.96. The van der Waals surface area contributed by atoms with Gasteiger partial charge < -0.3 is 0 Å². The molecule has 0 spiro atoms. The predicted octanol–water partition coefficient (Wildman–Crippen LogP) is 0.887. The summed E-state index contributed by atoms with van der Waals surface area (Å²) in [5.41, 5.74) is -0.00639. The van der Waals surface area contributed by atoms with Gasteiger partial charge in [-0.3, -0.25) is 9.59 Å². The Morgan fingerprint density at radius 1 is 1.56 bits per heavy atom. The predicted molar refractivity (Wildman–Crippen MR) is 35.0 cm³/mol. The summed E-state index contributed by atoms with van der Waals surface area (Å²) in [5.74, 6) is -0.326. The number of carbonyl (C=O) groups is 2. The third kappa shape index (κ3) is 2.59. The van der Waals surface area contributed by atoms with Crippen LogP contribution in [0.4, 0.5) is 0 Å². The van der Waals surface area contributed by atoms with Crippen molar-refractivity contribution in [3.63, 3.8) is 0 Å². The quantitative estimate of drug-likeness (QED) is 0.242. The number of allylic oxidation sites excluding steroid dienone is 3. The fourth-order valence-electron chi connectivity index (χ4n) is 0.316. The second-order valence-corrected chi connectivity index (χ2v) is 1.51. The third-order valence-electron chi connectivity index (χ3n) is 0.777. The number of hydrogen-bond donors (Lipinski definition) is 0. The molecule has 0 fully saturated rings. The van der Waals surface area contributed by atoms with E-state index in [0.29, 0.717) is 6.29 Å². The van der Waals surface area contributed by atoms with Crippen molar-refractivity contribution in [2.24, 2.45) is 0 Å². The molecule has 0 atom stereocenters. The van der Waals surface area contributed by atoms with Gasteiger partial charge in [0.15, 0.2) is 12.1 Å². The molecule has 48 valence electrons. The molecule has 0 amide bonds. The molecule has 0 saturated carbocycles. The molecule has 0 aromatic carbocycles. The van der Waals surface area contributed by atoms with E-state index < -0.39 is 0 Å². The third-order valence-corrected chi connectivity index (χ3v) is 0.777. The van der Waals surface area contributed by atoms with Gasteiger partial charge in [0.25, 0.3) is 0 Å². The first kappa shape index (κ1) is 7.82. The van der Waals surface area contributed by atoms with Gasteiger partial charge >= 0.3 is 0 Å². The Hall–Kier alpha value is -1.18. The van der Waals surface area contributed by atoms with E-state index >= 15 is 0 Å². The molecule has 0 heterocycles. The van der Waals surface area contributed by atoms with Crippen LogP contribution in [-0.2, 0) is 9.59 Å². The highest BCUT2D eigenvalue weighted by molar-refractivity contribution is 6.16. The SMILES string of the molecule is C=C(C=O)C(=O)C=CC. The van der Waals surface area contributed by atoms with Crippen LogP contribution in [0.2, 0.25) is 0 Å². The van der Waals surface area contributed by atoms with Gasteiger partial charge in [-0.25, -0.2) is 0 Å². The molecule has 0 aliphatic heterocycles. The maximum absolute atomic E-state index is 10.6. The molecule has 0 aromatic heterocycles. The number of carbonyl (C=O) groups excluding carboxylic acids is 2. The number of ketones is 1. The minimum Gasteiger partial charge on any atom is -0.298 e. The maximum Gasteiger partial charge on any atom is 0.188 e. The summed E-state index contributed by atoms with van der Waals surface area (Å²) in [6, 6.07) is 0. The van der Waals surface area contributed by atoms with Crippen LogP contribution in [0.15, 0.2) is 24.3 Å². The van der Waals surface area contributed by atoms with E-state index in [4.69, 9.17) is 0 Å². The van der Waals surface area contributed by atoms with E-state index in [1.807, 2.05) is 0 Å². The van der Waals surface area contributed by atoms with E-state index in [1.54, 1.807) is 13.0 Å². The zero-order valence-corrected chi connectivity index (χ0v) is 5.26. The lowest BCUT2D eigenvalue weighted by Gasteiger charge is -1.84. The minimum atomic E-state index is -0.326. The Labute approximate surface area is 53.9 Å². The zero-order chi connectivity index (χ0) is 7.28. The first-order chi connectivity index (χ1) is 4.22. The highest BCUT2D eigenvalue weighted by atomic mass is 16.1. The van der Waals surface area contributed by atoms with Crippen molar-refractivity contribution >= 4 is 12.1 Å². The molecule has 0 N–H and O–H groups in total. The van der Waals surface area contributed by atoms with Crippen LogP contribution in [0.25, 0.3) is 0 Å². The molecule has 2 nitrogen and oxygen atoms in total. The van der Waals surface area contributed by atoms with Crippen LogP contribution in [-0.4, -0.2) is 12.1 Å². The van der Waals surface area contributed by atoms with Crippen LogP contribution < -0.4 is 0 Å². The van der Waals surface area contributed by atoms with Gasteiger partial charge in [-0.1, -0.05) is 12.7 Å². The normalized spacial score (nSPS) is 9.44. The second-order valence-electron chi connectivity index (χ2n) is 1.51. The largest absolute Gasteiger partial charge is 0.298 e. The molecule has 0 aromatic rings. The van der Waals surface area contributed by atoms with Crippen molar-refractivity contribution in [2.75, 3.05) is 0 Å². The lowest BCUT2D eigenvalue weighted by molar-refractivity contribution is -0.114. The van der Waals surface area contributed by atoms with Crippen LogP contribution in [0.1, 0.15) is 6.92 Å². The summed E-state index contributed by atoms with van der Waals surface area (Å²) >= 11 is 0.